The summed E-state index contributed by atoms with van der Waals surface area (Å²) in [4.78, 5) is 24.5. The van der Waals surface area contributed by atoms with Gasteiger partial charge in [-0.2, -0.15) is 23.4 Å². The third-order valence-electron chi connectivity index (χ3n) is 5.94. The van der Waals surface area contributed by atoms with Crippen molar-refractivity contribution in [3.63, 3.8) is 0 Å². The molecule has 0 aliphatic heterocycles. The van der Waals surface area contributed by atoms with Gasteiger partial charge in [0.15, 0.2) is 5.82 Å². The number of carbonyl (C=O) groups excluding carboxylic acids is 1. The Morgan fingerprint density at radius 1 is 1.16 bits per heavy atom. The summed E-state index contributed by atoms with van der Waals surface area (Å²) in [5, 5.41) is 13.4. The number of hydrogen-bond donors (Lipinski definition) is 2. The Hall–Kier alpha value is -3.43. The molecular weight excluding hydrogens is 423 g/mol. The van der Waals surface area contributed by atoms with Crippen molar-refractivity contribution in [3.8, 4) is 5.82 Å². The predicted molar refractivity (Wildman–Crippen MR) is 110 cm³/mol. The van der Waals surface area contributed by atoms with Crippen molar-refractivity contribution in [2.75, 3.05) is 0 Å². The maximum absolute atomic E-state index is 13.3. The van der Waals surface area contributed by atoms with E-state index in [1.807, 2.05) is 0 Å². The first-order chi connectivity index (χ1) is 15.2. The molecule has 1 aliphatic carbocycles. The number of aromatic nitrogens is 4. The molecule has 2 aromatic heterocycles. The summed E-state index contributed by atoms with van der Waals surface area (Å²) in [5.74, 6) is -0.0797. The lowest BCUT2D eigenvalue weighted by Gasteiger charge is -2.39. The Kier molecular flexibility index (Phi) is 5.62. The van der Waals surface area contributed by atoms with E-state index in [1.165, 1.54) is 29.1 Å². The van der Waals surface area contributed by atoms with Crippen LogP contribution in [-0.4, -0.2) is 25.9 Å². The SMILES string of the molecule is Cc1c(C(=O)NC2(c3cccc(C(F)(F)F)c3)CCCCC2)cnn1-c1ccc(=O)[nH]n1. The number of hydrogen-bond acceptors (Lipinski definition) is 4. The minimum atomic E-state index is -4.46. The quantitative estimate of drug-likeness (QED) is 0.638. The van der Waals surface area contributed by atoms with Crippen LogP contribution in [0.2, 0.25) is 0 Å². The molecule has 1 saturated carbocycles. The Morgan fingerprint density at radius 2 is 1.91 bits per heavy atom. The van der Waals surface area contributed by atoms with E-state index < -0.39 is 23.2 Å². The highest BCUT2D eigenvalue weighted by Gasteiger charge is 2.38. The van der Waals surface area contributed by atoms with Gasteiger partial charge in [-0.05, 0) is 43.5 Å². The molecule has 0 atom stereocenters. The fraction of sp³-hybridized carbons (Fsp3) is 0.364. The summed E-state index contributed by atoms with van der Waals surface area (Å²) in [5.41, 5.74) is -0.750. The summed E-state index contributed by atoms with van der Waals surface area (Å²) < 4.78 is 41.3. The number of nitrogens with zero attached hydrogens (tertiary/aromatic N) is 3. The molecule has 1 aromatic carbocycles. The number of benzene rings is 1. The largest absolute Gasteiger partial charge is 0.416 e. The normalized spacial score (nSPS) is 16.0. The van der Waals surface area contributed by atoms with Gasteiger partial charge in [0.25, 0.3) is 11.5 Å². The van der Waals surface area contributed by atoms with Crippen LogP contribution in [0.4, 0.5) is 13.2 Å². The second-order valence-corrected chi connectivity index (χ2v) is 8.01. The van der Waals surface area contributed by atoms with Gasteiger partial charge in [-0.1, -0.05) is 31.4 Å². The zero-order valence-electron chi connectivity index (χ0n) is 17.4. The number of halogens is 3. The minimum Gasteiger partial charge on any atom is -0.342 e. The standard InChI is InChI=1S/C22H22F3N5O2/c1-14-17(13-26-30(14)18-8-9-19(31)29-28-18)20(32)27-21(10-3-2-4-11-21)15-6-5-7-16(12-15)22(23,24)25/h5-9,12-13H,2-4,10-11H2,1H3,(H,27,32)(H,29,31). The van der Waals surface area contributed by atoms with Gasteiger partial charge in [0.2, 0.25) is 0 Å². The van der Waals surface area contributed by atoms with Crippen LogP contribution in [0.1, 0.15) is 59.3 Å². The molecule has 32 heavy (non-hydrogen) atoms. The lowest BCUT2D eigenvalue weighted by atomic mass is 9.76. The molecule has 168 valence electrons. The molecule has 0 radical (unpaired) electrons. The van der Waals surface area contributed by atoms with E-state index in [2.05, 4.69) is 20.6 Å². The second-order valence-electron chi connectivity index (χ2n) is 8.01. The molecule has 10 heteroatoms. The Morgan fingerprint density at radius 3 is 2.56 bits per heavy atom. The number of amides is 1. The van der Waals surface area contributed by atoms with E-state index in [4.69, 9.17) is 0 Å². The Balaban J connectivity index is 1.67. The first-order valence-corrected chi connectivity index (χ1v) is 10.3. The molecule has 7 nitrogen and oxygen atoms in total. The van der Waals surface area contributed by atoms with Crippen molar-refractivity contribution >= 4 is 5.91 Å². The molecule has 1 fully saturated rings. The van der Waals surface area contributed by atoms with Crippen molar-refractivity contribution in [3.05, 3.63) is 75.3 Å². The molecule has 0 spiro atoms. The van der Waals surface area contributed by atoms with E-state index in [0.717, 1.165) is 31.4 Å². The number of alkyl halides is 3. The summed E-state index contributed by atoms with van der Waals surface area (Å²) in [7, 11) is 0. The molecular formula is C22H22F3N5O2. The van der Waals surface area contributed by atoms with E-state index in [0.29, 0.717) is 29.9 Å². The first-order valence-electron chi connectivity index (χ1n) is 10.3. The van der Waals surface area contributed by atoms with Crippen molar-refractivity contribution in [1.82, 2.24) is 25.3 Å². The zero-order valence-corrected chi connectivity index (χ0v) is 17.4. The van der Waals surface area contributed by atoms with Crippen molar-refractivity contribution in [1.29, 1.82) is 0 Å². The van der Waals surface area contributed by atoms with Gasteiger partial charge in [-0.3, -0.25) is 9.59 Å². The minimum absolute atomic E-state index is 0.287. The van der Waals surface area contributed by atoms with E-state index >= 15 is 0 Å². The third-order valence-corrected chi connectivity index (χ3v) is 5.94. The van der Waals surface area contributed by atoms with Crippen molar-refractivity contribution < 1.29 is 18.0 Å². The van der Waals surface area contributed by atoms with Crippen LogP contribution in [0.3, 0.4) is 0 Å². The molecule has 0 saturated heterocycles. The third kappa shape index (κ3) is 4.17. The van der Waals surface area contributed by atoms with Gasteiger partial charge in [0, 0.05) is 6.07 Å². The van der Waals surface area contributed by atoms with Gasteiger partial charge in [-0.25, -0.2) is 9.78 Å². The predicted octanol–water partition coefficient (Wildman–Crippen LogP) is 3.87. The molecule has 3 aromatic rings. The fourth-order valence-corrected chi connectivity index (χ4v) is 4.24. The summed E-state index contributed by atoms with van der Waals surface area (Å²) >= 11 is 0. The van der Waals surface area contributed by atoms with Crippen LogP contribution >= 0.6 is 0 Å². The van der Waals surface area contributed by atoms with Gasteiger partial charge in [0.1, 0.15) is 0 Å². The molecule has 1 amide bonds. The second kappa shape index (κ2) is 8.25. The number of nitrogens with one attached hydrogen (secondary N) is 2. The molecule has 4 rings (SSSR count). The molecule has 2 N–H and O–H groups in total. The topological polar surface area (TPSA) is 92.7 Å². The molecule has 1 aliphatic rings. The molecule has 2 heterocycles. The summed E-state index contributed by atoms with van der Waals surface area (Å²) in [6.45, 7) is 1.69. The fourth-order valence-electron chi connectivity index (χ4n) is 4.24. The van der Waals surface area contributed by atoms with Crippen LogP contribution in [0, 0.1) is 6.92 Å². The van der Waals surface area contributed by atoms with Gasteiger partial charge < -0.3 is 5.32 Å². The van der Waals surface area contributed by atoms with Crippen LogP contribution in [0.5, 0.6) is 0 Å². The van der Waals surface area contributed by atoms with Gasteiger partial charge in [0.05, 0.1) is 28.6 Å². The van der Waals surface area contributed by atoms with Crippen molar-refractivity contribution in [2.45, 2.75) is 50.7 Å². The maximum atomic E-state index is 13.3. The van der Waals surface area contributed by atoms with Gasteiger partial charge in [-0.15, -0.1) is 0 Å². The van der Waals surface area contributed by atoms with Gasteiger partial charge >= 0.3 is 6.18 Å². The Labute approximate surface area is 181 Å². The monoisotopic (exact) mass is 445 g/mol. The first kappa shape index (κ1) is 21.8. The van der Waals surface area contributed by atoms with Crippen LogP contribution < -0.4 is 10.9 Å². The van der Waals surface area contributed by atoms with E-state index in [1.54, 1.807) is 13.0 Å². The average Bonchev–Trinajstić information content (AvgIpc) is 3.16. The van der Waals surface area contributed by atoms with Crippen LogP contribution in [0.15, 0.2) is 47.4 Å². The smallest absolute Gasteiger partial charge is 0.342 e. The zero-order chi connectivity index (χ0) is 22.9. The van der Waals surface area contributed by atoms with Crippen LogP contribution in [-0.2, 0) is 11.7 Å². The number of rotatable bonds is 4. The van der Waals surface area contributed by atoms with Crippen molar-refractivity contribution in [2.24, 2.45) is 0 Å². The lowest BCUT2D eigenvalue weighted by molar-refractivity contribution is -0.137. The molecule has 0 bridgehead atoms. The Bertz CT molecular complexity index is 1170. The molecule has 0 unspecified atom stereocenters. The highest BCUT2D eigenvalue weighted by molar-refractivity contribution is 5.95. The number of aromatic amines is 1. The lowest BCUT2D eigenvalue weighted by Crippen LogP contribution is -2.47. The highest BCUT2D eigenvalue weighted by atomic mass is 19.4. The van der Waals surface area contributed by atoms with E-state index in [-0.39, 0.29) is 11.1 Å². The highest BCUT2D eigenvalue weighted by Crippen LogP contribution is 2.40. The number of H-pyrrole nitrogens is 1. The maximum Gasteiger partial charge on any atom is 0.416 e. The average molecular weight is 445 g/mol. The number of carbonyl (C=O) groups is 1. The summed E-state index contributed by atoms with van der Waals surface area (Å²) in [6, 6.07) is 7.96. The van der Waals surface area contributed by atoms with E-state index in [9.17, 15) is 22.8 Å². The summed E-state index contributed by atoms with van der Waals surface area (Å²) in [6.07, 6.45) is 0.596. The van der Waals surface area contributed by atoms with Crippen LogP contribution in [0.25, 0.3) is 5.82 Å².